The van der Waals surface area contributed by atoms with E-state index in [1.807, 2.05) is 25.1 Å². The summed E-state index contributed by atoms with van der Waals surface area (Å²) in [5, 5.41) is 0. The predicted molar refractivity (Wildman–Crippen MR) is 68.7 cm³/mol. The lowest BCUT2D eigenvalue weighted by Gasteiger charge is -2.22. The highest BCUT2D eigenvalue weighted by molar-refractivity contribution is 5.75. The summed E-state index contributed by atoms with van der Waals surface area (Å²) < 4.78 is 11.2. The molecule has 1 saturated heterocycles. The molecular formula is C14H16N2O2. The molecule has 0 bridgehead atoms. The first-order valence-corrected chi connectivity index (χ1v) is 6.29. The molecule has 1 aromatic heterocycles. The molecule has 0 radical (unpaired) electrons. The smallest absolute Gasteiger partial charge is 0.233 e. The Bertz CT molecular complexity index is 550. The van der Waals surface area contributed by atoms with E-state index in [1.165, 1.54) is 5.56 Å². The molecule has 18 heavy (non-hydrogen) atoms. The van der Waals surface area contributed by atoms with E-state index in [2.05, 4.69) is 9.97 Å². The summed E-state index contributed by atoms with van der Waals surface area (Å²) in [5.74, 6) is 0.611. The third-order valence-corrected chi connectivity index (χ3v) is 3.13. The van der Waals surface area contributed by atoms with E-state index in [-0.39, 0.29) is 6.10 Å². The number of nitrogens with zero attached hydrogens (tertiary/aromatic N) is 2. The number of ether oxygens (including phenoxy) is 2. The number of benzene rings is 1. The molecule has 0 amide bonds. The fourth-order valence-electron chi connectivity index (χ4n) is 2.13. The van der Waals surface area contributed by atoms with Gasteiger partial charge in [0.25, 0.3) is 0 Å². The minimum absolute atomic E-state index is 0.204. The van der Waals surface area contributed by atoms with Crippen molar-refractivity contribution in [1.82, 2.24) is 9.97 Å². The lowest BCUT2D eigenvalue weighted by molar-refractivity contribution is 0.0237. The third kappa shape index (κ3) is 2.43. The summed E-state index contributed by atoms with van der Waals surface area (Å²) in [7, 11) is 0. The topological polar surface area (TPSA) is 44.2 Å². The van der Waals surface area contributed by atoms with Crippen LogP contribution in [0.4, 0.5) is 0 Å². The fourth-order valence-corrected chi connectivity index (χ4v) is 2.13. The standard InChI is InChI=1S/C14H16N2O2/c1-10-2-3-12-13(8-10)16-14(9-15-12)18-11-4-6-17-7-5-11/h2-3,8-9,11H,4-7H2,1H3. The molecule has 2 aromatic rings. The van der Waals surface area contributed by atoms with Gasteiger partial charge in [0.2, 0.25) is 5.88 Å². The van der Waals surface area contributed by atoms with E-state index < -0.39 is 0 Å². The van der Waals surface area contributed by atoms with Crippen molar-refractivity contribution >= 4 is 11.0 Å². The van der Waals surface area contributed by atoms with Gasteiger partial charge in [-0.25, -0.2) is 9.97 Å². The third-order valence-electron chi connectivity index (χ3n) is 3.13. The Labute approximate surface area is 106 Å². The highest BCUT2D eigenvalue weighted by Gasteiger charge is 2.16. The number of aryl methyl sites for hydroxylation is 1. The molecule has 1 fully saturated rings. The predicted octanol–water partition coefficient (Wildman–Crippen LogP) is 2.50. The second-order valence-electron chi connectivity index (χ2n) is 4.63. The zero-order valence-corrected chi connectivity index (χ0v) is 10.4. The molecule has 1 aromatic carbocycles. The Morgan fingerprint density at radius 3 is 2.89 bits per heavy atom. The van der Waals surface area contributed by atoms with Crippen molar-refractivity contribution < 1.29 is 9.47 Å². The Morgan fingerprint density at radius 2 is 2.06 bits per heavy atom. The first kappa shape index (κ1) is 11.4. The van der Waals surface area contributed by atoms with Crippen LogP contribution in [0.2, 0.25) is 0 Å². The minimum Gasteiger partial charge on any atom is -0.473 e. The monoisotopic (exact) mass is 244 g/mol. The molecule has 0 saturated carbocycles. The van der Waals surface area contributed by atoms with Crippen molar-refractivity contribution in [1.29, 1.82) is 0 Å². The molecular weight excluding hydrogens is 228 g/mol. The van der Waals surface area contributed by atoms with Crippen molar-refractivity contribution in [3.05, 3.63) is 30.0 Å². The fraction of sp³-hybridized carbons (Fsp3) is 0.429. The molecule has 0 N–H and O–H groups in total. The number of aromatic nitrogens is 2. The lowest BCUT2D eigenvalue weighted by Crippen LogP contribution is -2.26. The largest absolute Gasteiger partial charge is 0.473 e. The summed E-state index contributed by atoms with van der Waals surface area (Å²) in [6.45, 7) is 3.59. The Balaban J connectivity index is 1.83. The second-order valence-corrected chi connectivity index (χ2v) is 4.63. The van der Waals surface area contributed by atoms with E-state index in [9.17, 15) is 0 Å². The molecule has 1 aliphatic rings. The highest BCUT2D eigenvalue weighted by Crippen LogP contribution is 2.18. The summed E-state index contributed by atoms with van der Waals surface area (Å²) in [6.07, 6.45) is 3.75. The van der Waals surface area contributed by atoms with Gasteiger partial charge in [0.15, 0.2) is 0 Å². The van der Waals surface area contributed by atoms with Gasteiger partial charge in [-0.15, -0.1) is 0 Å². The molecule has 0 aliphatic carbocycles. The van der Waals surface area contributed by atoms with Gasteiger partial charge < -0.3 is 9.47 Å². The summed E-state index contributed by atoms with van der Waals surface area (Å²) in [4.78, 5) is 8.87. The second kappa shape index (κ2) is 4.90. The molecule has 0 spiro atoms. The van der Waals surface area contributed by atoms with Crippen LogP contribution >= 0.6 is 0 Å². The molecule has 2 heterocycles. The summed E-state index contributed by atoms with van der Waals surface area (Å²) in [6, 6.07) is 6.05. The van der Waals surface area contributed by atoms with Crippen molar-refractivity contribution in [2.24, 2.45) is 0 Å². The van der Waals surface area contributed by atoms with Crippen LogP contribution in [0.1, 0.15) is 18.4 Å². The van der Waals surface area contributed by atoms with Gasteiger partial charge in [0.05, 0.1) is 30.4 Å². The molecule has 4 heteroatoms. The molecule has 94 valence electrons. The van der Waals surface area contributed by atoms with Crippen LogP contribution in [0, 0.1) is 6.92 Å². The Morgan fingerprint density at radius 1 is 1.22 bits per heavy atom. The number of rotatable bonds is 2. The van der Waals surface area contributed by atoms with Crippen molar-refractivity contribution in [3.8, 4) is 5.88 Å². The maximum absolute atomic E-state index is 5.85. The van der Waals surface area contributed by atoms with E-state index >= 15 is 0 Å². The van der Waals surface area contributed by atoms with Gasteiger partial charge in [-0.3, -0.25) is 0 Å². The minimum atomic E-state index is 0.204. The van der Waals surface area contributed by atoms with Crippen LogP contribution in [-0.4, -0.2) is 29.3 Å². The Kier molecular flexibility index (Phi) is 3.11. The molecule has 0 unspecified atom stereocenters. The summed E-state index contributed by atoms with van der Waals surface area (Å²) >= 11 is 0. The maximum atomic E-state index is 5.85. The summed E-state index contributed by atoms with van der Waals surface area (Å²) in [5.41, 5.74) is 2.97. The SMILES string of the molecule is Cc1ccc2ncc(OC3CCOCC3)nc2c1. The van der Waals surface area contributed by atoms with Crippen LogP contribution in [-0.2, 0) is 4.74 Å². The molecule has 3 rings (SSSR count). The highest BCUT2D eigenvalue weighted by atomic mass is 16.5. The quantitative estimate of drug-likeness (QED) is 0.814. The van der Waals surface area contributed by atoms with Gasteiger partial charge in [-0.05, 0) is 24.6 Å². The van der Waals surface area contributed by atoms with Crippen LogP contribution in [0.15, 0.2) is 24.4 Å². The number of hydrogen-bond donors (Lipinski definition) is 0. The van der Waals surface area contributed by atoms with Crippen LogP contribution in [0.3, 0.4) is 0 Å². The molecule has 1 aliphatic heterocycles. The van der Waals surface area contributed by atoms with Crippen LogP contribution in [0.25, 0.3) is 11.0 Å². The zero-order chi connectivity index (χ0) is 12.4. The lowest BCUT2D eigenvalue weighted by atomic mass is 10.1. The molecule has 4 nitrogen and oxygen atoms in total. The zero-order valence-electron chi connectivity index (χ0n) is 10.4. The van der Waals surface area contributed by atoms with Crippen LogP contribution < -0.4 is 4.74 Å². The normalized spacial score (nSPS) is 16.9. The van der Waals surface area contributed by atoms with Crippen LogP contribution in [0.5, 0.6) is 5.88 Å². The maximum Gasteiger partial charge on any atom is 0.233 e. The van der Waals surface area contributed by atoms with Gasteiger partial charge in [0, 0.05) is 12.8 Å². The van der Waals surface area contributed by atoms with Gasteiger partial charge in [0.1, 0.15) is 6.10 Å². The van der Waals surface area contributed by atoms with E-state index in [0.29, 0.717) is 5.88 Å². The van der Waals surface area contributed by atoms with E-state index in [1.54, 1.807) is 6.20 Å². The van der Waals surface area contributed by atoms with Crippen molar-refractivity contribution in [2.75, 3.05) is 13.2 Å². The van der Waals surface area contributed by atoms with E-state index in [0.717, 1.165) is 37.1 Å². The average Bonchev–Trinajstić information content (AvgIpc) is 2.39. The molecule has 0 atom stereocenters. The Hall–Kier alpha value is -1.68. The van der Waals surface area contributed by atoms with Crippen molar-refractivity contribution in [3.63, 3.8) is 0 Å². The van der Waals surface area contributed by atoms with Gasteiger partial charge in [-0.2, -0.15) is 0 Å². The average molecular weight is 244 g/mol. The van der Waals surface area contributed by atoms with E-state index in [4.69, 9.17) is 9.47 Å². The first-order valence-electron chi connectivity index (χ1n) is 6.29. The van der Waals surface area contributed by atoms with Crippen molar-refractivity contribution in [2.45, 2.75) is 25.9 Å². The first-order chi connectivity index (χ1) is 8.81. The van der Waals surface area contributed by atoms with Gasteiger partial charge in [-0.1, -0.05) is 6.07 Å². The van der Waals surface area contributed by atoms with Gasteiger partial charge >= 0.3 is 0 Å². The number of fused-ring (bicyclic) bond motifs is 1. The number of hydrogen-bond acceptors (Lipinski definition) is 4.